The number of anilines is 1. The van der Waals surface area contributed by atoms with Crippen LogP contribution in [0.25, 0.3) is 0 Å². The van der Waals surface area contributed by atoms with Crippen molar-refractivity contribution in [2.75, 3.05) is 18.6 Å². The number of hydrogen-bond donors (Lipinski definition) is 0. The van der Waals surface area contributed by atoms with Crippen molar-refractivity contribution in [2.24, 2.45) is 5.92 Å². The predicted molar refractivity (Wildman–Crippen MR) is 118 cm³/mol. The molecule has 1 saturated heterocycles. The Morgan fingerprint density at radius 3 is 2.61 bits per heavy atom. The first kappa shape index (κ1) is 22.5. The summed E-state index contributed by atoms with van der Waals surface area (Å²) in [5.41, 5.74) is 3.12. The van der Waals surface area contributed by atoms with E-state index in [1.165, 1.54) is 14.0 Å². The molecule has 6 nitrogen and oxygen atoms in total. The Hall–Kier alpha value is -3.15. The number of rotatable bonds is 8. The van der Waals surface area contributed by atoms with Gasteiger partial charge < -0.3 is 14.4 Å². The zero-order valence-electron chi connectivity index (χ0n) is 18.5. The summed E-state index contributed by atoms with van der Waals surface area (Å²) in [6.07, 6.45) is 1.09. The van der Waals surface area contributed by atoms with Crippen molar-refractivity contribution in [2.45, 2.75) is 46.1 Å². The molecule has 2 aromatic carbocycles. The van der Waals surface area contributed by atoms with Crippen molar-refractivity contribution in [1.82, 2.24) is 0 Å². The highest BCUT2D eigenvalue weighted by Gasteiger charge is 2.37. The predicted octanol–water partition coefficient (Wildman–Crippen LogP) is 4.51. The average Bonchev–Trinajstić information content (AvgIpc) is 3.18. The monoisotopic (exact) mass is 423 g/mol. The molecule has 3 rings (SSSR count). The van der Waals surface area contributed by atoms with Crippen LogP contribution in [0.4, 0.5) is 5.69 Å². The number of Topliss-reactive ketones (excluding diaryl/α,β-unsaturated/α-hetero) is 1. The topological polar surface area (TPSA) is 72.9 Å². The highest BCUT2D eigenvalue weighted by atomic mass is 16.5. The van der Waals surface area contributed by atoms with Crippen LogP contribution in [0.15, 0.2) is 42.5 Å². The minimum absolute atomic E-state index is 0.0166. The number of hydrogen-bond acceptors (Lipinski definition) is 5. The minimum atomic E-state index is -0.528. The standard InChI is InChI=1S/C25H29NO5/c1-5-16(2)21-8-6-7-9-22(21)26-14-19(13-24(26)28)25(29)31-15-20-12-18(17(3)27)10-11-23(20)30-4/h6-12,16,19H,5,13-15H2,1-4H3/t16-,19+/m0/s1. The number of para-hydroxylation sites is 1. The van der Waals surface area contributed by atoms with Crippen LogP contribution in [-0.2, 0) is 20.9 Å². The molecule has 6 heteroatoms. The molecule has 0 aliphatic carbocycles. The Balaban J connectivity index is 1.71. The van der Waals surface area contributed by atoms with Crippen LogP contribution in [0.5, 0.6) is 5.75 Å². The van der Waals surface area contributed by atoms with Gasteiger partial charge in [0.05, 0.1) is 13.0 Å². The highest BCUT2D eigenvalue weighted by molar-refractivity contribution is 6.00. The van der Waals surface area contributed by atoms with Gasteiger partial charge in [-0.2, -0.15) is 0 Å². The number of amides is 1. The first-order valence-electron chi connectivity index (χ1n) is 10.6. The average molecular weight is 424 g/mol. The van der Waals surface area contributed by atoms with E-state index in [9.17, 15) is 14.4 Å². The minimum Gasteiger partial charge on any atom is -0.496 e. The lowest BCUT2D eigenvalue weighted by Gasteiger charge is -2.23. The summed E-state index contributed by atoms with van der Waals surface area (Å²) in [4.78, 5) is 38.8. The molecule has 164 valence electrons. The molecule has 31 heavy (non-hydrogen) atoms. The van der Waals surface area contributed by atoms with Crippen LogP contribution in [0, 0.1) is 5.92 Å². The van der Waals surface area contributed by atoms with Crippen molar-refractivity contribution in [3.8, 4) is 5.75 Å². The lowest BCUT2D eigenvalue weighted by molar-refractivity contribution is -0.149. The Kier molecular flexibility index (Phi) is 7.10. The molecule has 0 unspecified atom stereocenters. The summed E-state index contributed by atoms with van der Waals surface area (Å²) in [5.74, 6) is -0.242. The van der Waals surface area contributed by atoms with E-state index in [-0.39, 0.29) is 24.7 Å². The third kappa shape index (κ3) is 4.95. The fourth-order valence-corrected chi connectivity index (χ4v) is 3.85. The molecule has 2 atom stereocenters. The summed E-state index contributed by atoms with van der Waals surface area (Å²) in [5, 5.41) is 0. The van der Waals surface area contributed by atoms with Gasteiger partial charge in [0.1, 0.15) is 12.4 Å². The molecule has 2 aromatic rings. The van der Waals surface area contributed by atoms with E-state index in [4.69, 9.17) is 9.47 Å². The Morgan fingerprint density at radius 1 is 1.19 bits per heavy atom. The Morgan fingerprint density at radius 2 is 1.94 bits per heavy atom. The summed E-state index contributed by atoms with van der Waals surface area (Å²) < 4.78 is 10.8. The van der Waals surface area contributed by atoms with E-state index in [2.05, 4.69) is 13.8 Å². The molecule has 1 amide bonds. The third-order valence-electron chi connectivity index (χ3n) is 5.89. The van der Waals surface area contributed by atoms with Crippen molar-refractivity contribution >= 4 is 23.3 Å². The lowest BCUT2D eigenvalue weighted by Crippen LogP contribution is -2.27. The van der Waals surface area contributed by atoms with E-state index in [0.29, 0.717) is 29.3 Å². The molecular formula is C25H29NO5. The number of carbonyl (C=O) groups is 3. The second-order valence-corrected chi connectivity index (χ2v) is 7.96. The summed E-state index contributed by atoms with van der Waals surface area (Å²) >= 11 is 0. The maximum Gasteiger partial charge on any atom is 0.311 e. The van der Waals surface area contributed by atoms with Crippen LogP contribution < -0.4 is 9.64 Å². The van der Waals surface area contributed by atoms with Gasteiger partial charge in [0.2, 0.25) is 5.91 Å². The van der Waals surface area contributed by atoms with E-state index in [1.54, 1.807) is 23.1 Å². The molecule has 0 N–H and O–H groups in total. The van der Waals surface area contributed by atoms with E-state index >= 15 is 0 Å². The van der Waals surface area contributed by atoms with Gasteiger partial charge in [-0.25, -0.2) is 0 Å². The summed E-state index contributed by atoms with van der Waals surface area (Å²) in [6.45, 7) is 6.01. The van der Waals surface area contributed by atoms with Crippen LogP contribution >= 0.6 is 0 Å². The number of esters is 1. The van der Waals surface area contributed by atoms with Gasteiger partial charge in [-0.05, 0) is 49.1 Å². The zero-order chi connectivity index (χ0) is 22.5. The Bertz CT molecular complexity index is 984. The molecule has 1 heterocycles. The Labute approximate surface area is 183 Å². The van der Waals surface area contributed by atoms with Gasteiger partial charge in [0, 0.05) is 29.8 Å². The quantitative estimate of drug-likeness (QED) is 0.461. The lowest BCUT2D eigenvalue weighted by atomic mass is 9.96. The number of benzene rings is 2. The van der Waals surface area contributed by atoms with Gasteiger partial charge in [0.25, 0.3) is 0 Å². The third-order valence-corrected chi connectivity index (χ3v) is 5.89. The number of carbonyl (C=O) groups excluding carboxylic acids is 3. The van der Waals surface area contributed by atoms with E-state index < -0.39 is 11.9 Å². The molecule has 0 bridgehead atoms. The summed E-state index contributed by atoms with van der Waals surface area (Å²) in [6, 6.07) is 12.9. The van der Waals surface area contributed by atoms with E-state index in [0.717, 1.165) is 17.7 Å². The number of methoxy groups -OCH3 is 1. The molecule has 1 aliphatic rings. The van der Waals surface area contributed by atoms with Crippen molar-refractivity contribution in [3.63, 3.8) is 0 Å². The molecule has 0 aromatic heterocycles. The van der Waals surface area contributed by atoms with Gasteiger partial charge in [0.15, 0.2) is 5.78 Å². The normalized spacial score (nSPS) is 16.8. The SMILES string of the molecule is CC[C@H](C)c1ccccc1N1C[C@H](C(=O)OCc2cc(C(C)=O)ccc2OC)CC1=O. The fraction of sp³-hybridized carbons (Fsp3) is 0.400. The molecule has 0 radical (unpaired) electrons. The van der Waals surface area contributed by atoms with Gasteiger partial charge in [-0.3, -0.25) is 14.4 Å². The highest BCUT2D eigenvalue weighted by Crippen LogP contribution is 2.34. The maximum atomic E-state index is 12.7. The van der Waals surface area contributed by atoms with Crippen LogP contribution in [0.1, 0.15) is 61.0 Å². The van der Waals surface area contributed by atoms with Crippen molar-refractivity contribution in [1.29, 1.82) is 0 Å². The van der Waals surface area contributed by atoms with Gasteiger partial charge >= 0.3 is 5.97 Å². The van der Waals surface area contributed by atoms with Gasteiger partial charge in [-0.1, -0.05) is 32.0 Å². The van der Waals surface area contributed by atoms with Gasteiger partial charge in [-0.15, -0.1) is 0 Å². The maximum absolute atomic E-state index is 12.7. The number of nitrogens with zero attached hydrogens (tertiary/aromatic N) is 1. The molecular weight excluding hydrogens is 394 g/mol. The molecule has 1 fully saturated rings. The molecule has 0 saturated carbocycles. The van der Waals surface area contributed by atoms with Crippen LogP contribution in [0.2, 0.25) is 0 Å². The smallest absolute Gasteiger partial charge is 0.311 e. The molecule has 1 aliphatic heterocycles. The molecule has 0 spiro atoms. The largest absolute Gasteiger partial charge is 0.496 e. The van der Waals surface area contributed by atoms with Crippen molar-refractivity contribution in [3.05, 3.63) is 59.2 Å². The number of ketones is 1. The van der Waals surface area contributed by atoms with E-state index in [1.807, 2.05) is 24.3 Å². The van der Waals surface area contributed by atoms with Crippen LogP contribution in [0.3, 0.4) is 0 Å². The number of ether oxygens (including phenoxy) is 2. The zero-order valence-corrected chi connectivity index (χ0v) is 18.5. The van der Waals surface area contributed by atoms with Crippen LogP contribution in [-0.4, -0.2) is 31.3 Å². The second kappa shape index (κ2) is 9.77. The fourth-order valence-electron chi connectivity index (χ4n) is 3.85. The first-order chi connectivity index (χ1) is 14.8. The summed E-state index contributed by atoms with van der Waals surface area (Å²) in [7, 11) is 1.52. The van der Waals surface area contributed by atoms with Crippen molar-refractivity contribution < 1.29 is 23.9 Å². The second-order valence-electron chi connectivity index (χ2n) is 7.96. The first-order valence-corrected chi connectivity index (χ1v) is 10.6.